The first kappa shape index (κ1) is 14.8. The highest BCUT2D eigenvalue weighted by molar-refractivity contribution is 7.89. The second-order valence-corrected chi connectivity index (χ2v) is 6.17. The van der Waals surface area contributed by atoms with E-state index in [0.717, 1.165) is 13.0 Å². The Hall–Kier alpha value is -1.64. The van der Waals surface area contributed by atoms with Crippen molar-refractivity contribution in [3.05, 3.63) is 24.3 Å². The van der Waals surface area contributed by atoms with Gasteiger partial charge >= 0.3 is 6.09 Å². The van der Waals surface area contributed by atoms with E-state index in [0.29, 0.717) is 12.2 Å². The Labute approximate surface area is 117 Å². The van der Waals surface area contributed by atoms with E-state index >= 15 is 0 Å². The van der Waals surface area contributed by atoms with E-state index in [2.05, 4.69) is 20.1 Å². The molecule has 1 atom stereocenters. The van der Waals surface area contributed by atoms with Crippen molar-refractivity contribution >= 4 is 21.8 Å². The Morgan fingerprint density at radius 2 is 2.05 bits per heavy atom. The maximum Gasteiger partial charge on any atom is 0.411 e. The summed E-state index contributed by atoms with van der Waals surface area (Å²) in [5.74, 6) is 0. The van der Waals surface area contributed by atoms with E-state index in [1.807, 2.05) is 0 Å². The zero-order chi connectivity index (χ0) is 14.6. The number of sulfonamides is 1. The van der Waals surface area contributed by atoms with Crippen LogP contribution in [0.15, 0.2) is 29.2 Å². The van der Waals surface area contributed by atoms with Crippen LogP contribution in [-0.4, -0.2) is 40.8 Å². The zero-order valence-corrected chi connectivity index (χ0v) is 11.9. The molecule has 1 unspecified atom stereocenters. The maximum atomic E-state index is 12.1. The molecule has 1 aromatic rings. The number of rotatable bonds is 4. The summed E-state index contributed by atoms with van der Waals surface area (Å²) in [6.07, 6.45) is 0.178. The van der Waals surface area contributed by atoms with E-state index < -0.39 is 16.1 Å². The van der Waals surface area contributed by atoms with Gasteiger partial charge < -0.3 is 10.1 Å². The zero-order valence-electron chi connectivity index (χ0n) is 11.0. The molecule has 8 heteroatoms. The lowest BCUT2D eigenvalue weighted by Gasteiger charge is -2.12. The molecule has 1 fully saturated rings. The average Bonchev–Trinajstić information content (AvgIpc) is 2.91. The van der Waals surface area contributed by atoms with E-state index in [1.54, 1.807) is 0 Å². The maximum absolute atomic E-state index is 12.1. The molecule has 0 saturated carbocycles. The molecule has 1 heterocycles. The highest BCUT2D eigenvalue weighted by Crippen LogP contribution is 2.15. The molecule has 0 aliphatic carbocycles. The first-order valence-corrected chi connectivity index (χ1v) is 7.67. The van der Waals surface area contributed by atoms with Crippen LogP contribution in [0.1, 0.15) is 6.42 Å². The van der Waals surface area contributed by atoms with Crippen LogP contribution < -0.4 is 15.4 Å². The van der Waals surface area contributed by atoms with Crippen molar-refractivity contribution in [2.24, 2.45) is 0 Å². The van der Waals surface area contributed by atoms with Gasteiger partial charge in [0.2, 0.25) is 10.0 Å². The predicted octanol–water partition coefficient (Wildman–Crippen LogP) is 0.505. The van der Waals surface area contributed by atoms with Crippen LogP contribution in [0.2, 0.25) is 0 Å². The largest absolute Gasteiger partial charge is 0.453 e. The van der Waals surface area contributed by atoms with Gasteiger partial charge in [-0.15, -0.1) is 0 Å². The molecule has 1 amide bonds. The van der Waals surface area contributed by atoms with Gasteiger partial charge in [-0.2, -0.15) is 0 Å². The molecule has 0 spiro atoms. The normalized spacial score (nSPS) is 18.8. The van der Waals surface area contributed by atoms with Crippen molar-refractivity contribution in [2.75, 3.05) is 25.5 Å². The minimum absolute atomic E-state index is 0.0760. The topological polar surface area (TPSA) is 96.5 Å². The second-order valence-electron chi connectivity index (χ2n) is 4.45. The minimum Gasteiger partial charge on any atom is -0.453 e. The number of benzene rings is 1. The lowest BCUT2D eigenvalue weighted by molar-refractivity contribution is 0.187. The Morgan fingerprint density at radius 3 is 2.60 bits per heavy atom. The molecule has 20 heavy (non-hydrogen) atoms. The summed E-state index contributed by atoms with van der Waals surface area (Å²) in [4.78, 5) is 11.2. The smallest absolute Gasteiger partial charge is 0.411 e. The van der Waals surface area contributed by atoms with Crippen LogP contribution in [0.25, 0.3) is 0 Å². The number of hydrogen-bond donors (Lipinski definition) is 3. The first-order chi connectivity index (χ1) is 9.51. The number of carbonyl (C=O) groups excluding carboxylic acids is 1. The van der Waals surface area contributed by atoms with Crippen LogP contribution in [0.5, 0.6) is 0 Å². The van der Waals surface area contributed by atoms with Gasteiger partial charge in [0.15, 0.2) is 0 Å². The Bertz CT molecular complexity index is 565. The molecule has 7 nitrogen and oxygen atoms in total. The third-order valence-electron chi connectivity index (χ3n) is 2.98. The van der Waals surface area contributed by atoms with Crippen molar-refractivity contribution in [1.82, 2.24) is 10.0 Å². The summed E-state index contributed by atoms with van der Waals surface area (Å²) in [6, 6.07) is 5.83. The van der Waals surface area contributed by atoms with E-state index in [9.17, 15) is 13.2 Å². The fourth-order valence-corrected chi connectivity index (χ4v) is 3.20. The number of carbonyl (C=O) groups is 1. The van der Waals surface area contributed by atoms with Crippen LogP contribution >= 0.6 is 0 Å². The summed E-state index contributed by atoms with van der Waals surface area (Å²) in [7, 11) is -2.27. The monoisotopic (exact) mass is 299 g/mol. The molecule has 1 aromatic carbocycles. The van der Waals surface area contributed by atoms with Crippen molar-refractivity contribution in [3.63, 3.8) is 0 Å². The van der Waals surface area contributed by atoms with Crippen molar-refractivity contribution in [1.29, 1.82) is 0 Å². The molecular weight excluding hydrogens is 282 g/mol. The Balaban J connectivity index is 2.06. The van der Waals surface area contributed by atoms with Crippen molar-refractivity contribution in [3.8, 4) is 0 Å². The van der Waals surface area contributed by atoms with Gasteiger partial charge in [-0.05, 0) is 37.2 Å². The summed E-state index contributed by atoms with van der Waals surface area (Å²) in [5, 5.41) is 5.55. The van der Waals surface area contributed by atoms with Crippen LogP contribution in [0, 0.1) is 0 Å². The fraction of sp³-hybridized carbons (Fsp3) is 0.417. The average molecular weight is 299 g/mol. The predicted molar refractivity (Wildman–Crippen MR) is 74.1 cm³/mol. The third-order valence-corrected chi connectivity index (χ3v) is 4.51. The molecule has 1 aliphatic heterocycles. The lowest BCUT2D eigenvalue weighted by atomic mass is 10.3. The standard InChI is InChI=1S/C12H17N3O4S/c1-19-12(16)14-9-2-4-11(5-3-9)20(17,18)15-10-6-7-13-8-10/h2-5,10,13,15H,6-8H2,1H3,(H,14,16). The number of nitrogens with one attached hydrogen (secondary N) is 3. The number of methoxy groups -OCH3 is 1. The molecule has 0 bridgehead atoms. The highest BCUT2D eigenvalue weighted by Gasteiger charge is 2.22. The number of amides is 1. The molecule has 3 N–H and O–H groups in total. The SMILES string of the molecule is COC(=O)Nc1ccc(S(=O)(=O)NC2CCNC2)cc1. The van der Waals surface area contributed by atoms with Gasteiger partial charge in [-0.3, -0.25) is 5.32 Å². The van der Waals surface area contributed by atoms with Crippen LogP contribution in [-0.2, 0) is 14.8 Å². The fourth-order valence-electron chi connectivity index (χ4n) is 1.93. The molecule has 2 rings (SSSR count). The molecule has 110 valence electrons. The van der Waals surface area contributed by atoms with Gasteiger partial charge in [0.1, 0.15) is 0 Å². The van der Waals surface area contributed by atoms with Crippen LogP contribution in [0.3, 0.4) is 0 Å². The minimum atomic E-state index is -3.53. The number of ether oxygens (including phenoxy) is 1. The Morgan fingerprint density at radius 1 is 1.35 bits per heavy atom. The summed E-state index contributed by atoms with van der Waals surface area (Å²) < 4.78 is 31.3. The molecule has 0 radical (unpaired) electrons. The van der Waals surface area contributed by atoms with Crippen LogP contribution in [0.4, 0.5) is 10.5 Å². The molecule has 0 aromatic heterocycles. The van der Waals surface area contributed by atoms with Gasteiger partial charge in [0.25, 0.3) is 0 Å². The van der Waals surface area contributed by atoms with Gasteiger partial charge in [-0.1, -0.05) is 0 Å². The van der Waals surface area contributed by atoms with Crippen molar-refractivity contribution < 1.29 is 17.9 Å². The van der Waals surface area contributed by atoms with Gasteiger partial charge in [0.05, 0.1) is 12.0 Å². The third kappa shape index (κ3) is 3.69. The van der Waals surface area contributed by atoms with E-state index in [1.165, 1.54) is 31.4 Å². The summed E-state index contributed by atoms with van der Waals surface area (Å²) in [5.41, 5.74) is 0.471. The quantitative estimate of drug-likeness (QED) is 0.752. The Kier molecular flexibility index (Phi) is 4.58. The second kappa shape index (κ2) is 6.21. The highest BCUT2D eigenvalue weighted by atomic mass is 32.2. The number of anilines is 1. The van der Waals surface area contributed by atoms with Gasteiger partial charge in [0, 0.05) is 18.3 Å². The molecule has 1 aliphatic rings. The van der Waals surface area contributed by atoms with E-state index in [-0.39, 0.29) is 10.9 Å². The summed E-state index contributed by atoms with van der Waals surface area (Å²) >= 11 is 0. The van der Waals surface area contributed by atoms with Gasteiger partial charge in [-0.25, -0.2) is 17.9 Å². The summed E-state index contributed by atoms with van der Waals surface area (Å²) in [6.45, 7) is 1.45. The van der Waals surface area contributed by atoms with Crippen molar-refractivity contribution in [2.45, 2.75) is 17.4 Å². The molecular formula is C12H17N3O4S. The first-order valence-electron chi connectivity index (χ1n) is 6.19. The molecule has 1 saturated heterocycles. The lowest BCUT2D eigenvalue weighted by Crippen LogP contribution is -2.36. The van der Waals surface area contributed by atoms with E-state index in [4.69, 9.17) is 0 Å². The number of hydrogen-bond acceptors (Lipinski definition) is 5.